The fourth-order valence-corrected chi connectivity index (χ4v) is 2.94. The van der Waals surface area contributed by atoms with Crippen molar-refractivity contribution in [2.45, 2.75) is 44.6 Å². The van der Waals surface area contributed by atoms with Crippen LogP contribution in [0.2, 0.25) is 0 Å². The van der Waals surface area contributed by atoms with Gasteiger partial charge in [-0.2, -0.15) is 0 Å². The molecule has 2 aliphatic rings. The van der Waals surface area contributed by atoms with Crippen LogP contribution < -0.4 is 10.6 Å². The third-order valence-corrected chi connectivity index (χ3v) is 4.08. The highest BCUT2D eigenvalue weighted by atomic mass is 16.3. The SMILES string of the molecule is OC1CCC(CNCC2CCCNC2)CC1. The molecule has 1 unspecified atom stereocenters. The molecule has 1 heterocycles. The molecule has 1 saturated carbocycles. The van der Waals surface area contributed by atoms with E-state index >= 15 is 0 Å². The van der Waals surface area contributed by atoms with Gasteiger partial charge in [-0.05, 0) is 76.5 Å². The van der Waals surface area contributed by atoms with Gasteiger partial charge in [0.25, 0.3) is 0 Å². The smallest absolute Gasteiger partial charge is 0.0540 e. The summed E-state index contributed by atoms with van der Waals surface area (Å²) in [6, 6.07) is 0. The second kappa shape index (κ2) is 6.58. The van der Waals surface area contributed by atoms with Gasteiger partial charge in [0, 0.05) is 0 Å². The van der Waals surface area contributed by atoms with E-state index in [4.69, 9.17) is 0 Å². The van der Waals surface area contributed by atoms with Crippen molar-refractivity contribution in [2.75, 3.05) is 26.2 Å². The van der Waals surface area contributed by atoms with Crippen molar-refractivity contribution in [1.82, 2.24) is 10.6 Å². The predicted octanol–water partition coefficient (Wildman–Crippen LogP) is 1.13. The maximum Gasteiger partial charge on any atom is 0.0540 e. The fourth-order valence-electron chi connectivity index (χ4n) is 2.94. The van der Waals surface area contributed by atoms with E-state index in [9.17, 15) is 5.11 Å². The van der Waals surface area contributed by atoms with E-state index < -0.39 is 0 Å². The average molecular weight is 226 g/mol. The van der Waals surface area contributed by atoms with Crippen molar-refractivity contribution < 1.29 is 5.11 Å². The van der Waals surface area contributed by atoms with E-state index in [1.54, 1.807) is 0 Å². The van der Waals surface area contributed by atoms with Crippen LogP contribution in [0, 0.1) is 11.8 Å². The van der Waals surface area contributed by atoms with Crippen molar-refractivity contribution in [3.8, 4) is 0 Å². The Morgan fingerprint density at radius 2 is 1.75 bits per heavy atom. The summed E-state index contributed by atoms with van der Waals surface area (Å²) in [5.41, 5.74) is 0. The van der Waals surface area contributed by atoms with Gasteiger partial charge in [-0.15, -0.1) is 0 Å². The fraction of sp³-hybridized carbons (Fsp3) is 1.00. The van der Waals surface area contributed by atoms with Gasteiger partial charge in [0.05, 0.1) is 6.10 Å². The maximum absolute atomic E-state index is 9.43. The average Bonchev–Trinajstić information content (AvgIpc) is 2.33. The van der Waals surface area contributed by atoms with Crippen LogP contribution in [0.1, 0.15) is 38.5 Å². The molecule has 2 rings (SSSR count). The molecule has 3 N–H and O–H groups in total. The number of aliphatic hydroxyl groups excluding tert-OH is 1. The first kappa shape index (κ1) is 12.3. The highest BCUT2D eigenvalue weighted by Gasteiger charge is 2.19. The molecule has 1 saturated heterocycles. The van der Waals surface area contributed by atoms with Crippen LogP contribution in [0.4, 0.5) is 0 Å². The number of rotatable bonds is 4. The molecule has 16 heavy (non-hydrogen) atoms. The van der Waals surface area contributed by atoms with E-state index in [1.807, 2.05) is 0 Å². The molecule has 0 spiro atoms. The summed E-state index contributed by atoms with van der Waals surface area (Å²) < 4.78 is 0. The molecule has 0 aromatic heterocycles. The van der Waals surface area contributed by atoms with Crippen molar-refractivity contribution in [3.63, 3.8) is 0 Å². The van der Waals surface area contributed by atoms with Crippen molar-refractivity contribution in [1.29, 1.82) is 0 Å². The summed E-state index contributed by atoms with van der Waals surface area (Å²) in [5, 5.41) is 16.5. The van der Waals surface area contributed by atoms with E-state index in [0.717, 1.165) is 31.2 Å². The molecular formula is C13H26N2O. The Morgan fingerprint density at radius 3 is 2.44 bits per heavy atom. The second-order valence-corrected chi connectivity index (χ2v) is 5.55. The molecule has 0 amide bonds. The van der Waals surface area contributed by atoms with Crippen LogP contribution in [0.5, 0.6) is 0 Å². The summed E-state index contributed by atoms with van der Waals surface area (Å²) in [6.45, 7) is 4.72. The van der Waals surface area contributed by atoms with Crippen LogP contribution in [0.25, 0.3) is 0 Å². The van der Waals surface area contributed by atoms with Gasteiger partial charge >= 0.3 is 0 Å². The largest absolute Gasteiger partial charge is 0.393 e. The first-order valence-corrected chi connectivity index (χ1v) is 6.94. The highest BCUT2D eigenvalue weighted by Crippen LogP contribution is 2.23. The third-order valence-electron chi connectivity index (χ3n) is 4.08. The Hall–Kier alpha value is -0.120. The summed E-state index contributed by atoms with van der Waals surface area (Å²) in [6.07, 6.45) is 7.13. The molecule has 1 atom stereocenters. The van der Waals surface area contributed by atoms with Gasteiger partial charge in [-0.3, -0.25) is 0 Å². The third kappa shape index (κ3) is 4.04. The Labute approximate surface area is 99.0 Å². The Bertz CT molecular complexity index is 184. The molecule has 3 heteroatoms. The lowest BCUT2D eigenvalue weighted by atomic mass is 9.87. The number of nitrogens with one attached hydrogen (secondary N) is 2. The van der Waals surface area contributed by atoms with Gasteiger partial charge in [0.1, 0.15) is 0 Å². The molecule has 3 nitrogen and oxygen atoms in total. The van der Waals surface area contributed by atoms with E-state index in [-0.39, 0.29) is 6.10 Å². The zero-order chi connectivity index (χ0) is 11.2. The van der Waals surface area contributed by atoms with Crippen LogP contribution in [-0.2, 0) is 0 Å². The molecule has 0 bridgehead atoms. The minimum absolute atomic E-state index is 0.0150. The van der Waals surface area contributed by atoms with Gasteiger partial charge < -0.3 is 15.7 Å². The zero-order valence-electron chi connectivity index (χ0n) is 10.3. The van der Waals surface area contributed by atoms with Crippen LogP contribution in [-0.4, -0.2) is 37.4 Å². The van der Waals surface area contributed by atoms with E-state index in [2.05, 4.69) is 10.6 Å². The Morgan fingerprint density at radius 1 is 1.00 bits per heavy atom. The molecule has 1 aliphatic heterocycles. The van der Waals surface area contributed by atoms with E-state index in [1.165, 1.54) is 45.3 Å². The second-order valence-electron chi connectivity index (χ2n) is 5.55. The predicted molar refractivity (Wildman–Crippen MR) is 66.4 cm³/mol. The van der Waals surface area contributed by atoms with Crippen LogP contribution >= 0.6 is 0 Å². The number of hydrogen-bond acceptors (Lipinski definition) is 3. The first-order chi connectivity index (χ1) is 7.84. The molecule has 0 radical (unpaired) electrons. The maximum atomic E-state index is 9.43. The Balaban J connectivity index is 1.53. The number of piperidine rings is 1. The normalized spacial score (nSPS) is 36.2. The minimum atomic E-state index is -0.0150. The van der Waals surface area contributed by atoms with Gasteiger partial charge in [0.2, 0.25) is 0 Å². The highest BCUT2D eigenvalue weighted by molar-refractivity contribution is 4.75. The van der Waals surface area contributed by atoms with Gasteiger partial charge in [-0.25, -0.2) is 0 Å². The molecule has 94 valence electrons. The first-order valence-electron chi connectivity index (χ1n) is 6.94. The quantitative estimate of drug-likeness (QED) is 0.673. The molecule has 0 aromatic rings. The van der Waals surface area contributed by atoms with Crippen molar-refractivity contribution >= 4 is 0 Å². The lowest BCUT2D eigenvalue weighted by Gasteiger charge is -2.27. The van der Waals surface area contributed by atoms with Crippen LogP contribution in [0.3, 0.4) is 0 Å². The minimum Gasteiger partial charge on any atom is -0.393 e. The van der Waals surface area contributed by atoms with Crippen molar-refractivity contribution in [2.24, 2.45) is 11.8 Å². The summed E-state index contributed by atoms with van der Waals surface area (Å²) in [7, 11) is 0. The summed E-state index contributed by atoms with van der Waals surface area (Å²) in [4.78, 5) is 0. The Kier molecular flexibility index (Phi) is 5.07. The van der Waals surface area contributed by atoms with Crippen LogP contribution in [0.15, 0.2) is 0 Å². The molecule has 0 aromatic carbocycles. The zero-order valence-corrected chi connectivity index (χ0v) is 10.3. The van der Waals surface area contributed by atoms with Gasteiger partial charge in [-0.1, -0.05) is 0 Å². The molecule has 2 fully saturated rings. The number of hydrogen-bond donors (Lipinski definition) is 3. The lowest BCUT2D eigenvalue weighted by molar-refractivity contribution is 0.108. The van der Waals surface area contributed by atoms with Crippen molar-refractivity contribution in [3.05, 3.63) is 0 Å². The summed E-state index contributed by atoms with van der Waals surface area (Å²) in [5.74, 6) is 1.64. The molecule has 1 aliphatic carbocycles. The summed E-state index contributed by atoms with van der Waals surface area (Å²) >= 11 is 0. The molecular weight excluding hydrogens is 200 g/mol. The number of aliphatic hydroxyl groups is 1. The monoisotopic (exact) mass is 226 g/mol. The van der Waals surface area contributed by atoms with E-state index in [0.29, 0.717) is 0 Å². The lowest BCUT2D eigenvalue weighted by Crippen LogP contribution is -2.38. The topological polar surface area (TPSA) is 44.3 Å². The van der Waals surface area contributed by atoms with Gasteiger partial charge in [0.15, 0.2) is 0 Å². The standard InChI is InChI=1S/C13H26N2O/c16-13-5-3-11(4-6-13)8-15-10-12-2-1-7-14-9-12/h11-16H,1-10H2.